The quantitative estimate of drug-likeness (QED) is 0.584. The SMILES string of the molecule is C=C=Cc1c(C)[nH]c(N)c1C(N)=O. The van der Waals surface area contributed by atoms with Gasteiger partial charge in [0, 0.05) is 11.3 Å². The van der Waals surface area contributed by atoms with Gasteiger partial charge in [0.05, 0.1) is 5.56 Å². The number of hydrogen-bond acceptors (Lipinski definition) is 2. The number of nitrogen functional groups attached to an aromatic ring is 1. The Morgan fingerprint density at radius 3 is 2.77 bits per heavy atom. The topological polar surface area (TPSA) is 84.9 Å². The number of primary amides is 1. The Morgan fingerprint density at radius 2 is 2.31 bits per heavy atom. The summed E-state index contributed by atoms with van der Waals surface area (Å²) in [7, 11) is 0. The highest BCUT2D eigenvalue weighted by molar-refractivity contribution is 6.01. The number of aryl methyl sites for hydroxylation is 1. The predicted octanol–water partition coefficient (Wildman–Crippen LogP) is 0.802. The average Bonchev–Trinajstić information content (AvgIpc) is 2.27. The van der Waals surface area contributed by atoms with Crippen LogP contribution >= 0.6 is 0 Å². The van der Waals surface area contributed by atoms with Gasteiger partial charge in [0.2, 0.25) is 0 Å². The minimum Gasteiger partial charge on any atom is -0.385 e. The number of hydrogen-bond donors (Lipinski definition) is 3. The minimum atomic E-state index is -0.552. The summed E-state index contributed by atoms with van der Waals surface area (Å²) in [6.45, 7) is 5.22. The van der Waals surface area contributed by atoms with Crippen LogP contribution in [0, 0.1) is 6.92 Å². The van der Waals surface area contributed by atoms with Crippen molar-refractivity contribution in [2.45, 2.75) is 6.92 Å². The smallest absolute Gasteiger partial charge is 0.253 e. The normalized spacial score (nSPS) is 9.31. The molecule has 0 aliphatic rings. The van der Waals surface area contributed by atoms with Crippen LogP contribution in [0.2, 0.25) is 0 Å². The molecule has 1 amide bonds. The van der Waals surface area contributed by atoms with Gasteiger partial charge in [-0.3, -0.25) is 4.79 Å². The lowest BCUT2D eigenvalue weighted by Crippen LogP contribution is -2.13. The summed E-state index contributed by atoms with van der Waals surface area (Å²) < 4.78 is 0. The summed E-state index contributed by atoms with van der Waals surface area (Å²) in [5, 5.41) is 0. The van der Waals surface area contributed by atoms with E-state index in [4.69, 9.17) is 11.5 Å². The van der Waals surface area contributed by atoms with Gasteiger partial charge >= 0.3 is 0 Å². The van der Waals surface area contributed by atoms with Crippen molar-refractivity contribution in [2.24, 2.45) is 5.73 Å². The summed E-state index contributed by atoms with van der Waals surface area (Å²) in [6.07, 6.45) is 1.57. The maximum absolute atomic E-state index is 11.0. The third kappa shape index (κ3) is 1.48. The van der Waals surface area contributed by atoms with E-state index in [1.165, 1.54) is 0 Å². The average molecular weight is 177 g/mol. The van der Waals surface area contributed by atoms with Crippen LogP contribution in [0.1, 0.15) is 21.6 Å². The molecule has 0 aromatic carbocycles. The first-order chi connectivity index (χ1) is 6.07. The third-order valence-corrected chi connectivity index (χ3v) is 1.76. The predicted molar refractivity (Wildman–Crippen MR) is 52.1 cm³/mol. The molecule has 1 aromatic heterocycles. The fourth-order valence-electron chi connectivity index (χ4n) is 1.21. The lowest BCUT2D eigenvalue weighted by molar-refractivity contribution is 0.100. The largest absolute Gasteiger partial charge is 0.385 e. The number of rotatable bonds is 2. The van der Waals surface area contributed by atoms with Crippen molar-refractivity contribution in [2.75, 3.05) is 5.73 Å². The number of aromatic amines is 1. The first-order valence-electron chi connectivity index (χ1n) is 3.71. The van der Waals surface area contributed by atoms with Gasteiger partial charge in [-0.15, -0.1) is 5.73 Å². The molecule has 0 fully saturated rings. The van der Waals surface area contributed by atoms with Crippen molar-refractivity contribution in [1.82, 2.24) is 4.98 Å². The van der Waals surface area contributed by atoms with Gasteiger partial charge in [-0.1, -0.05) is 6.58 Å². The molecule has 0 aliphatic carbocycles. The maximum atomic E-state index is 11.0. The molecular weight excluding hydrogens is 166 g/mol. The van der Waals surface area contributed by atoms with Crippen LogP contribution in [0.5, 0.6) is 0 Å². The second-order valence-corrected chi connectivity index (χ2v) is 2.67. The zero-order valence-corrected chi connectivity index (χ0v) is 7.35. The highest BCUT2D eigenvalue weighted by Crippen LogP contribution is 2.20. The van der Waals surface area contributed by atoms with Crippen LogP contribution in [0.4, 0.5) is 5.82 Å². The number of carbonyl (C=O) groups excluding carboxylic acids is 1. The zero-order valence-electron chi connectivity index (χ0n) is 7.35. The number of carbonyl (C=O) groups is 1. The van der Waals surface area contributed by atoms with E-state index in [9.17, 15) is 4.79 Å². The molecule has 0 saturated heterocycles. The Bertz CT molecular complexity index is 375. The number of aromatic nitrogens is 1. The van der Waals surface area contributed by atoms with Crippen LogP contribution in [-0.4, -0.2) is 10.9 Å². The van der Waals surface area contributed by atoms with Gasteiger partial charge in [-0.25, -0.2) is 0 Å². The summed E-state index contributed by atoms with van der Waals surface area (Å²) in [4.78, 5) is 13.8. The van der Waals surface area contributed by atoms with Gasteiger partial charge in [0.1, 0.15) is 5.82 Å². The van der Waals surface area contributed by atoms with Crippen LogP contribution in [0.25, 0.3) is 6.08 Å². The first-order valence-corrected chi connectivity index (χ1v) is 3.71. The highest BCUT2D eigenvalue weighted by atomic mass is 16.1. The summed E-state index contributed by atoms with van der Waals surface area (Å²) in [5.74, 6) is -0.269. The fraction of sp³-hybridized carbons (Fsp3) is 0.111. The summed E-state index contributed by atoms with van der Waals surface area (Å²) in [5.41, 5.74) is 15.0. The molecule has 4 heteroatoms. The zero-order chi connectivity index (χ0) is 10.0. The first kappa shape index (κ1) is 9.16. The molecule has 0 aliphatic heterocycles. The molecule has 0 unspecified atom stereocenters. The van der Waals surface area contributed by atoms with Gasteiger partial charge in [0.25, 0.3) is 5.91 Å². The molecule has 0 spiro atoms. The molecule has 68 valence electrons. The van der Waals surface area contributed by atoms with Crippen LogP contribution in [0.3, 0.4) is 0 Å². The lowest BCUT2D eigenvalue weighted by atomic mass is 10.1. The molecule has 1 heterocycles. The fourth-order valence-corrected chi connectivity index (χ4v) is 1.21. The van der Waals surface area contributed by atoms with Crippen molar-refractivity contribution in [3.8, 4) is 0 Å². The van der Waals surface area contributed by atoms with Crippen LogP contribution < -0.4 is 11.5 Å². The minimum absolute atomic E-state index is 0.284. The molecule has 1 rings (SSSR count). The van der Waals surface area contributed by atoms with E-state index in [0.29, 0.717) is 11.1 Å². The van der Waals surface area contributed by atoms with Crippen LogP contribution in [0.15, 0.2) is 12.3 Å². The number of amides is 1. The Balaban J connectivity index is 3.46. The van der Waals surface area contributed by atoms with E-state index in [1.807, 2.05) is 0 Å². The Hall–Kier alpha value is -1.93. The van der Waals surface area contributed by atoms with E-state index in [1.54, 1.807) is 13.0 Å². The van der Waals surface area contributed by atoms with Crippen molar-refractivity contribution in [3.05, 3.63) is 29.1 Å². The van der Waals surface area contributed by atoms with Crippen molar-refractivity contribution < 1.29 is 4.79 Å². The summed E-state index contributed by atoms with van der Waals surface area (Å²) in [6, 6.07) is 0. The van der Waals surface area contributed by atoms with Gasteiger partial charge < -0.3 is 16.5 Å². The van der Waals surface area contributed by atoms with E-state index in [0.717, 1.165) is 5.69 Å². The monoisotopic (exact) mass is 177 g/mol. The number of H-pyrrole nitrogens is 1. The van der Waals surface area contributed by atoms with Crippen molar-refractivity contribution in [3.63, 3.8) is 0 Å². The Morgan fingerprint density at radius 1 is 1.69 bits per heavy atom. The van der Waals surface area contributed by atoms with E-state index >= 15 is 0 Å². The van der Waals surface area contributed by atoms with Gasteiger partial charge in [0.15, 0.2) is 0 Å². The molecule has 0 saturated carbocycles. The van der Waals surface area contributed by atoms with E-state index < -0.39 is 5.91 Å². The third-order valence-electron chi connectivity index (χ3n) is 1.76. The Kier molecular flexibility index (Phi) is 2.26. The lowest BCUT2D eigenvalue weighted by Gasteiger charge is -1.94. The standard InChI is InChI=1S/C9H11N3O/c1-3-4-6-5(2)12-8(10)7(6)9(11)13/h4,12H,1,10H2,2H3,(H2,11,13). The number of nitrogens with one attached hydrogen (secondary N) is 1. The van der Waals surface area contributed by atoms with E-state index in [2.05, 4.69) is 17.3 Å². The summed E-state index contributed by atoms with van der Waals surface area (Å²) >= 11 is 0. The number of nitrogens with two attached hydrogens (primary N) is 2. The van der Waals surface area contributed by atoms with Crippen molar-refractivity contribution in [1.29, 1.82) is 0 Å². The molecule has 0 atom stereocenters. The Labute approximate surface area is 75.9 Å². The van der Waals surface area contributed by atoms with E-state index in [-0.39, 0.29) is 5.82 Å². The maximum Gasteiger partial charge on any atom is 0.253 e. The molecule has 0 bridgehead atoms. The molecule has 0 radical (unpaired) electrons. The number of anilines is 1. The second kappa shape index (κ2) is 3.21. The van der Waals surface area contributed by atoms with Gasteiger partial charge in [-0.2, -0.15) is 0 Å². The second-order valence-electron chi connectivity index (χ2n) is 2.67. The highest BCUT2D eigenvalue weighted by Gasteiger charge is 2.15. The van der Waals surface area contributed by atoms with Crippen molar-refractivity contribution >= 4 is 17.8 Å². The molecule has 4 nitrogen and oxygen atoms in total. The molecule has 1 aromatic rings. The molecular formula is C9H11N3O. The van der Waals surface area contributed by atoms with Crippen LogP contribution in [-0.2, 0) is 0 Å². The van der Waals surface area contributed by atoms with Gasteiger partial charge in [-0.05, 0) is 13.0 Å². The molecule has 5 N–H and O–H groups in total. The molecule has 13 heavy (non-hydrogen) atoms.